The molecule has 4 rings (SSSR count). The molecular formula is C28H25FN2O3. The molecule has 4 aromatic rings. The van der Waals surface area contributed by atoms with Crippen LogP contribution in [0.3, 0.4) is 0 Å². The van der Waals surface area contributed by atoms with Crippen molar-refractivity contribution in [1.29, 1.82) is 5.26 Å². The van der Waals surface area contributed by atoms with E-state index in [0.717, 1.165) is 33.4 Å². The molecular weight excluding hydrogens is 431 g/mol. The smallest absolute Gasteiger partial charge is 0.335 e. The Bertz CT molecular complexity index is 1400. The average molecular weight is 457 g/mol. The van der Waals surface area contributed by atoms with Gasteiger partial charge in [0.15, 0.2) is 0 Å². The van der Waals surface area contributed by atoms with Crippen LogP contribution in [0.15, 0.2) is 66.7 Å². The molecule has 1 aromatic heterocycles. The molecule has 1 N–H and O–H groups in total. The van der Waals surface area contributed by atoms with Gasteiger partial charge in [0, 0.05) is 28.6 Å². The van der Waals surface area contributed by atoms with E-state index >= 15 is 0 Å². The molecule has 0 bridgehead atoms. The number of rotatable bonds is 7. The van der Waals surface area contributed by atoms with Crippen LogP contribution in [-0.2, 0) is 11.8 Å². The summed E-state index contributed by atoms with van der Waals surface area (Å²) in [5, 5.41) is 19.8. The Balaban J connectivity index is 2.02. The summed E-state index contributed by atoms with van der Waals surface area (Å²) in [7, 11) is 1.61. The van der Waals surface area contributed by atoms with E-state index in [1.54, 1.807) is 31.4 Å². The molecule has 0 aliphatic heterocycles. The third-order valence-corrected chi connectivity index (χ3v) is 6.11. The van der Waals surface area contributed by atoms with Crippen molar-refractivity contribution in [2.45, 2.75) is 32.1 Å². The molecule has 3 aromatic carbocycles. The van der Waals surface area contributed by atoms with Gasteiger partial charge in [0.1, 0.15) is 11.6 Å². The van der Waals surface area contributed by atoms with E-state index in [1.807, 2.05) is 44.2 Å². The first-order valence-electron chi connectivity index (χ1n) is 10.9. The molecule has 6 heteroatoms. The fourth-order valence-corrected chi connectivity index (χ4v) is 4.46. The van der Waals surface area contributed by atoms with E-state index in [1.165, 1.54) is 12.1 Å². The highest BCUT2D eigenvalue weighted by atomic mass is 19.1. The van der Waals surface area contributed by atoms with Gasteiger partial charge in [0.2, 0.25) is 0 Å². The van der Waals surface area contributed by atoms with E-state index in [2.05, 4.69) is 10.6 Å². The van der Waals surface area contributed by atoms with Gasteiger partial charge in [0.25, 0.3) is 0 Å². The number of carbonyl (C=O) groups is 1. The molecule has 0 aliphatic carbocycles. The fourth-order valence-electron chi connectivity index (χ4n) is 4.46. The number of halogens is 1. The number of nitrogens with zero attached hydrogens (tertiary/aromatic N) is 2. The molecule has 5 nitrogen and oxygen atoms in total. The second-order valence-corrected chi connectivity index (χ2v) is 8.92. The molecule has 0 saturated heterocycles. The third-order valence-electron chi connectivity index (χ3n) is 6.11. The number of benzene rings is 3. The van der Waals surface area contributed by atoms with Gasteiger partial charge < -0.3 is 14.4 Å². The third kappa shape index (κ3) is 4.25. The monoisotopic (exact) mass is 456 g/mol. The summed E-state index contributed by atoms with van der Waals surface area (Å²) in [4.78, 5) is 11.3. The van der Waals surface area contributed by atoms with Crippen molar-refractivity contribution in [1.82, 2.24) is 4.57 Å². The lowest BCUT2D eigenvalue weighted by molar-refractivity contribution is 0.0697. The van der Waals surface area contributed by atoms with Crippen LogP contribution in [0.5, 0.6) is 5.75 Å². The van der Waals surface area contributed by atoms with Gasteiger partial charge in [-0.15, -0.1) is 0 Å². The van der Waals surface area contributed by atoms with Crippen LogP contribution in [0.25, 0.3) is 16.6 Å². The highest BCUT2D eigenvalue weighted by Crippen LogP contribution is 2.41. The Labute approximate surface area is 197 Å². The van der Waals surface area contributed by atoms with Crippen molar-refractivity contribution in [3.8, 4) is 17.5 Å². The van der Waals surface area contributed by atoms with Gasteiger partial charge in [-0.05, 0) is 72.1 Å². The van der Waals surface area contributed by atoms with E-state index < -0.39 is 11.4 Å². The van der Waals surface area contributed by atoms with Gasteiger partial charge in [0.05, 0.1) is 24.3 Å². The minimum atomic E-state index is -0.972. The summed E-state index contributed by atoms with van der Waals surface area (Å²) in [6.07, 6.45) is 0.814. The number of hydrogen-bond acceptors (Lipinski definition) is 3. The Morgan fingerprint density at radius 1 is 1.09 bits per heavy atom. The minimum Gasteiger partial charge on any atom is -0.497 e. The Kier molecular flexibility index (Phi) is 6.12. The number of methoxy groups -OCH3 is 1. The summed E-state index contributed by atoms with van der Waals surface area (Å²) in [5.41, 5.74) is 4.33. The van der Waals surface area contributed by atoms with Crippen molar-refractivity contribution in [3.63, 3.8) is 0 Å². The quantitative estimate of drug-likeness (QED) is 0.356. The maximum absolute atomic E-state index is 13.7. The number of nitriles is 1. The van der Waals surface area contributed by atoms with E-state index in [4.69, 9.17) is 4.74 Å². The van der Waals surface area contributed by atoms with Crippen LogP contribution in [0.1, 0.15) is 47.4 Å². The molecule has 0 radical (unpaired) electrons. The molecule has 0 saturated carbocycles. The van der Waals surface area contributed by atoms with Crippen molar-refractivity contribution in [3.05, 3.63) is 94.9 Å². The zero-order valence-electron chi connectivity index (χ0n) is 19.3. The van der Waals surface area contributed by atoms with Crippen molar-refractivity contribution in [2.24, 2.45) is 0 Å². The topological polar surface area (TPSA) is 75.2 Å². The molecule has 0 fully saturated rings. The van der Waals surface area contributed by atoms with E-state index in [9.17, 15) is 19.6 Å². The molecule has 34 heavy (non-hydrogen) atoms. The van der Waals surface area contributed by atoms with Crippen LogP contribution >= 0.6 is 0 Å². The molecule has 172 valence electrons. The summed E-state index contributed by atoms with van der Waals surface area (Å²) in [6.45, 7) is 4.05. The molecule has 0 amide bonds. The largest absolute Gasteiger partial charge is 0.497 e. The number of carboxylic acids is 1. The Hall–Kier alpha value is -4.11. The zero-order chi connectivity index (χ0) is 24.5. The highest BCUT2D eigenvalue weighted by molar-refractivity contribution is 5.90. The van der Waals surface area contributed by atoms with Crippen LogP contribution in [0, 0.1) is 17.1 Å². The first-order chi connectivity index (χ1) is 16.2. The Morgan fingerprint density at radius 2 is 1.76 bits per heavy atom. The summed E-state index contributed by atoms with van der Waals surface area (Å²) in [6, 6.07) is 21.3. The second kappa shape index (κ2) is 9.03. The average Bonchev–Trinajstić information content (AvgIpc) is 3.14. The number of carboxylic acid groups (broad SMARTS) is 1. The van der Waals surface area contributed by atoms with E-state index in [-0.39, 0.29) is 17.8 Å². The first kappa shape index (κ1) is 23.1. The second-order valence-electron chi connectivity index (χ2n) is 8.92. The minimum absolute atomic E-state index is 0.226. The number of aromatic carboxylic acids is 1. The van der Waals surface area contributed by atoms with Gasteiger partial charge >= 0.3 is 5.97 Å². The molecule has 0 unspecified atom stereocenters. The molecule has 0 spiro atoms. The van der Waals surface area contributed by atoms with E-state index in [0.29, 0.717) is 12.2 Å². The van der Waals surface area contributed by atoms with Crippen LogP contribution in [-0.4, -0.2) is 22.8 Å². The van der Waals surface area contributed by atoms with Gasteiger partial charge in [-0.3, -0.25) is 0 Å². The lowest BCUT2D eigenvalue weighted by Gasteiger charge is -2.26. The predicted molar refractivity (Wildman–Crippen MR) is 129 cm³/mol. The SMILES string of the molecule is COc1ccc2c(c1)c(Cc1ccc(C(=O)O)cc1)c(C(C)(C)CC#N)n2-c1ccc(F)cc1. The number of hydrogen-bond donors (Lipinski definition) is 1. The number of ether oxygens (including phenoxy) is 1. The lowest BCUT2D eigenvalue weighted by atomic mass is 9.82. The standard InChI is InChI=1S/C28H25FN2O3/c1-28(2,14-15-30)26-24(16-18-4-6-19(7-5-18)27(32)33)23-17-22(34-3)12-13-25(23)31(26)21-10-8-20(29)9-11-21/h4-13,17H,14,16H2,1-3H3,(H,32,33). The molecule has 0 aliphatic rings. The number of fused-ring (bicyclic) bond motifs is 1. The zero-order valence-corrected chi connectivity index (χ0v) is 19.3. The lowest BCUT2D eigenvalue weighted by Crippen LogP contribution is -2.22. The fraction of sp³-hybridized carbons (Fsp3) is 0.214. The predicted octanol–water partition coefficient (Wildman–Crippen LogP) is 6.26. The summed E-state index contributed by atoms with van der Waals surface area (Å²) in [5.74, 6) is -0.589. The normalized spacial score (nSPS) is 11.4. The van der Waals surface area contributed by atoms with Crippen molar-refractivity contribution in [2.75, 3.05) is 7.11 Å². The molecule has 1 heterocycles. The Morgan fingerprint density at radius 3 is 2.35 bits per heavy atom. The molecule has 0 atom stereocenters. The van der Waals surface area contributed by atoms with Gasteiger partial charge in [-0.1, -0.05) is 26.0 Å². The summed E-state index contributed by atoms with van der Waals surface area (Å²) < 4.78 is 21.3. The number of aromatic nitrogens is 1. The van der Waals surface area contributed by atoms with Crippen LogP contribution < -0.4 is 4.74 Å². The maximum atomic E-state index is 13.7. The van der Waals surface area contributed by atoms with Crippen LogP contribution in [0.2, 0.25) is 0 Å². The first-order valence-corrected chi connectivity index (χ1v) is 10.9. The van der Waals surface area contributed by atoms with Gasteiger partial charge in [-0.25, -0.2) is 9.18 Å². The summed E-state index contributed by atoms with van der Waals surface area (Å²) >= 11 is 0. The van der Waals surface area contributed by atoms with Crippen LogP contribution in [0.4, 0.5) is 4.39 Å². The maximum Gasteiger partial charge on any atom is 0.335 e. The van der Waals surface area contributed by atoms with Gasteiger partial charge in [-0.2, -0.15) is 5.26 Å². The van der Waals surface area contributed by atoms with Crippen molar-refractivity contribution < 1.29 is 19.0 Å². The van der Waals surface area contributed by atoms with Crippen molar-refractivity contribution >= 4 is 16.9 Å². The highest BCUT2D eigenvalue weighted by Gasteiger charge is 2.31.